The molecule has 0 aromatic carbocycles. The zero-order valence-corrected chi connectivity index (χ0v) is 18.6. The number of aryl methyl sites for hydroxylation is 1. The Bertz CT molecular complexity index is 1040. The lowest BCUT2D eigenvalue weighted by molar-refractivity contribution is -0.144. The van der Waals surface area contributed by atoms with Gasteiger partial charge in [0.05, 0.1) is 17.2 Å². The number of fused-ring (bicyclic) bond motifs is 5. The van der Waals surface area contributed by atoms with Crippen LogP contribution in [0.2, 0.25) is 0 Å². The molecular formula is C20H26N4O2S2. The van der Waals surface area contributed by atoms with Gasteiger partial charge < -0.3 is 4.74 Å². The summed E-state index contributed by atoms with van der Waals surface area (Å²) in [5.74, 6) is 1.87. The van der Waals surface area contributed by atoms with Crippen LogP contribution >= 0.6 is 23.1 Å². The molecule has 3 aromatic heterocycles. The largest absolute Gasteiger partial charge is 0.462 e. The fourth-order valence-corrected chi connectivity index (χ4v) is 5.85. The third kappa shape index (κ3) is 3.52. The van der Waals surface area contributed by atoms with Gasteiger partial charge in [-0.05, 0) is 44.6 Å². The Hall–Kier alpha value is -1.67. The van der Waals surface area contributed by atoms with Crippen molar-refractivity contribution < 1.29 is 9.53 Å². The van der Waals surface area contributed by atoms with Crippen LogP contribution in [-0.2, 0) is 22.4 Å². The topological polar surface area (TPSA) is 69.4 Å². The Morgan fingerprint density at radius 3 is 2.82 bits per heavy atom. The molecule has 0 N–H and O–H groups in total. The monoisotopic (exact) mass is 418 g/mol. The van der Waals surface area contributed by atoms with E-state index >= 15 is 0 Å². The van der Waals surface area contributed by atoms with E-state index in [1.54, 1.807) is 0 Å². The lowest BCUT2D eigenvalue weighted by Crippen LogP contribution is -2.13. The van der Waals surface area contributed by atoms with Crippen molar-refractivity contribution in [2.24, 2.45) is 5.92 Å². The molecule has 4 rings (SSSR count). The van der Waals surface area contributed by atoms with Gasteiger partial charge in [0, 0.05) is 10.8 Å². The summed E-state index contributed by atoms with van der Waals surface area (Å²) in [6, 6.07) is 0. The van der Waals surface area contributed by atoms with Gasteiger partial charge in [-0.1, -0.05) is 32.5 Å². The average Bonchev–Trinajstić information content (AvgIpc) is 3.18. The third-order valence-electron chi connectivity index (χ3n) is 5.00. The number of carbonyl (C=O) groups excluding carboxylic acids is 1. The molecule has 1 aliphatic carbocycles. The van der Waals surface area contributed by atoms with Gasteiger partial charge >= 0.3 is 5.97 Å². The number of thioether (sulfide) groups is 1. The smallest absolute Gasteiger partial charge is 0.316 e. The van der Waals surface area contributed by atoms with Crippen molar-refractivity contribution in [2.45, 2.75) is 71.1 Å². The molecule has 3 heterocycles. The van der Waals surface area contributed by atoms with Crippen molar-refractivity contribution in [3.63, 3.8) is 0 Å². The lowest BCUT2D eigenvalue weighted by atomic mass is 9.89. The number of esters is 1. The number of nitrogens with zero attached hydrogens (tertiary/aromatic N) is 4. The molecule has 0 aliphatic heterocycles. The van der Waals surface area contributed by atoms with Crippen molar-refractivity contribution in [3.8, 4) is 0 Å². The van der Waals surface area contributed by atoms with Crippen LogP contribution < -0.4 is 0 Å². The number of hydrogen-bond donors (Lipinski definition) is 0. The minimum absolute atomic E-state index is 0.115. The maximum atomic E-state index is 12.0. The van der Waals surface area contributed by atoms with Crippen LogP contribution in [0.3, 0.4) is 0 Å². The van der Waals surface area contributed by atoms with Crippen LogP contribution in [0.5, 0.6) is 0 Å². The standard InChI is InChI=1S/C20H26N4O2S2/c1-10(2)17-21-19-16(13-7-6-12(5)8-14(13)28-19)18-22-23-20(24(17)18)27-9-15(25)26-11(3)4/h10-12H,6-9H2,1-5H3/t12-/m0/s1. The highest BCUT2D eigenvalue weighted by Crippen LogP contribution is 2.40. The quantitative estimate of drug-likeness (QED) is 0.444. The van der Waals surface area contributed by atoms with Crippen LogP contribution in [0.15, 0.2) is 5.16 Å². The van der Waals surface area contributed by atoms with Crippen LogP contribution in [0.1, 0.15) is 63.2 Å². The van der Waals surface area contributed by atoms with E-state index in [1.165, 1.54) is 28.6 Å². The van der Waals surface area contributed by atoms with E-state index < -0.39 is 0 Å². The molecule has 0 amide bonds. The van der Waals surface area contributed by atoms with E-state index in [1.807, 2.05) is 29.6 Å². The van der Waals surface area contributed by atoms with Crippen molar-refractivity contribution in [1.29, 1.82) is 0 Å². The molecule has 6 nitrogen and oxygen atoms in total. The molecule has 8 heteroatoms. The molecule has 0 unspecified atom stereocenters. The second kappa shape index (κ2) is 7.63. The van der Waals surface area contributed by atoms with Crippen molar-refractivity contribution in [2.75, 3.05) is 5.75 Å². The number of rotatable bonds is 5. The second-order valence-electron chi connectivity index (χ2n) is 8.13. The molecule has 0 fully saturated rings. The number of carbonyl (C=O) groups is 1. The molecule has 1 aliphatic rings. The first-order valence-electron chi connectivity index (χ1n) is 9.86. The highest BCUT2D eigenvalue weighted by atomic mass is 32.2. The van der Waals surface area contributed by atoms with E-state index in [0.29, 0.717) is 5.16 Å². The first kappa shape index (κ1) is 19.6. The highest BCUT2D eigenvalue weighted by Gasteiger charge is 2.26. The summed E-state index contributed by atoms with van der Waals surface area (Å²) in [7, 11) is 0. The molecule has 1 atom stereocenters. The lowest BCUT2D eigenvalue weighted by Gasteiger charge is -2.17. The van der Waals surface area contributed by atoms with Gasteiger partial charge in [-0.25, -0.2) is 4.98 Å². The van der Waals surface area contributed by atoms with E-state index in [2.05, 4.69) is 31.0 Å². The normalized spacial score (nSPS) is 17.0. The summed E-state index contributed by atoms with van der Waals surface area (Å²) in [6.45, 7) is 10.3. The van der Waals surface area contributed by atoms with Crippen molar-refractivity contribution >= 4 is 44.9 Å². The van der Waals surface area contributed by atoms with Crippen LogP contribution in [0.4, 0.5) is 0 Å². The summed E-state index contributed by atoms with van der Waals surface area (Å²) in [5, 5.41) is 10.8. The molecule has 0 spiro atoms. The maximum Gasteiger partial charge on any atom is 0.316 e. The minimum Gasteiger partial charge on any atom is -0.462 e. The molecule has 28 heavy (non-hydrogen) atoms. The molecule has 0 bridgehead atoms. The fraction of sp³-hybridized carbons (Fsp3) is 0.600. The molecular weight excluding hydrogens is 392 g/mol. The van der Waals surface area contributed by atoms with Gasteiger partial charge in [-0.3, -0.25) is 9.20 Å². The number of ether oxygens (including phenoxy) is 1. The van der Waals surface area contributed by atoms with Crippen molar-refractivity contribution in [3.05, 3.63) is 16.3 Å². The Morgan fingerprint density at radius 1 is 1.32 bits per heavy atom. The number of hydrogen-bond acceptors (Lipinski definition) is 7. The first-order chi connectivity index (χ1) is 13.3. The predicted octanol–water partition coefficient (Wildman–Crippen LogP) is 4.63. The van der Waals surface area contributed by atoms with Gasteiger partial charge in [0.2, 0.25) is 0 Å². The molecule has 0 saturated carbocycles. The first-order valence-corrected chi connectivity index (χ1v) is 11.7. The summed E-state index contributed by atoms with van der Waals surface area (Å²) in [6.07, 6.45) is 3.28. The number of aromatic nitrogens is 4. The predicted molar refractivity (Wildman–Crippen MR) is 113 cm³/mol. The van der Waals surface area contributed by atoms with E-state index in [4.69, 9.17) is 9.72 Å². The molecule has 0 saturated heterocycles. The summed E-state index contributed by atoms with van der Waals surface area (Å²) < 4.78 is 7.30. The van der Waals surface area contributed by atoms with Gasteiger partial charge in [-0.2, -0.15) is 0 Å². The van der Waals surface area contributed by atoms with Gasteiger partial charge in [-0.15, -0.1) is 21.5 Å². The Kier molecular flexibility index (Phi) is 5.35. The van der Waals surface area contributed by atoms with Crippen LogP contribution in [0.25, 0.3) is 15.9 Å². The Balaban J connectivity index is 1.80. The highest BCUT2D eigenvalue weighted by molar-refractivity contribution is 7.99. The number of thiophene rings is 1. The molecule has 3 aromatic rings. The van der Waals surface area contributed by atoms with Crippen LogP contribution in [-0.4, -0.2) is 37.4 Å². The summed E-state index contributed by atoms with van der Waals surface area (Å²) >= 11 is 3.18. The molecule has 0 radical (unpaired) electrons. The SMILES string of the molecule is CC(C)OC(=O)CSc1nnc2c3c4c(sc3nc(C(C)C)n12)C[C@@H](C)CC4. The zero-order chi connectivity index (χ0) is 20.0. The van der Waals surface area contributed by atoms with Gasteiger partial charge in [0.1, 0.15) is 10.7 Å². The van der Waals surface area contributed by atoms with E-state index in [-0.39, 0.29) is 23.7 Å². The van der Waals surface area contributed by atoms with Crippen LogP contribution in [0, 0.1) is 5.92 Å². The Labute approximate surface area is 173 Å². The third-order valence-corrected chi connectivity index (χ3v) is 7.05. The second-order valence-corrected chi connectivity index (χ2v) is 10.2. The average molecular weight is 419 g/mol. The summed E-state index contributed by atoms with van der Waals surface area (Å²) in [4.78, 5) is 19.5. The fourth-order valence-electron chi connectivity index (χ4n) is 3.74. The van der Waals surface area contributed by atoms with Crippen molar-refractivity contribution in [1.82, 2.24) is 19.6 Å². The van der Waals surface area contributed by atoms with E-state index in [9.17, 15) is 4.79 Å². The zero-order valence-electron chi connectivity index (χ0n) is 17.0. The van der Waals surface area contributed by atoms with Gasteiger partial charge in [0.25, 0.3) is 0 Å². The molecule has 150 valence electrons. The Morgan fingerprint density at radius 2 is 2.11 bits per heavy atom. The minimum atomic E-state index is -0.237. The van der Waals surface area contributed by atoms with Gasteiger partial charge in [0.15, 0.2) is 10.8 Å². The maximum absolute atomic E-state index is 12.0. The van der Waals surface area contributed by atoms with E-state index in [0.717, 1.165) is 40.4 Å². The summed E-state index contributed by atoms with van der Waals surface area (Å²) in [5.41, 5.74) is 2.27.